The maximum absolute atomic E-state index is 12.9. The highest BCUT2D eigenvalue weighted by molar-refractivity contribution is 6.03. The van der Waals surface area contributed by atoms with E-state index in [1.807, 2.05) is 30.3 Å². The van der Waals surface area contributed by atoms with Gasteiger partial charge in [0, 0.05) is 67.2 Å². The Morgan fingerprint density at radius 2 is 0.759 bits per heavy atom. The minimum absolute atomic E-state index is 0. The van der Waals surface area contributed by atoms with E-state index in [0.29, 0.717) is 101 Å². The van der Waals surface area contributed by atoms with Gasteiger partial charge in [0.25, 0.3) is 0 Å². The van der Waals surface area contributed by atoms with Crippen LogP contribution in [0.25, 0.3) is 12.2 Å². The molecule has 7 nitrogen and oxygen atoms in total. The first-order valence-corrected chi connectivity index (χ1v) is 32.2. The van der Waals surface area contributed by atoms with Gasteiger partial charge in [-0.2, -0.15) is 0 Å². The summed E-state index contributed by atoms with van der Waals surface area (Å²) in [5, 5.41) is 0. The second-order valence-corrected chi connectivity index (χ2v) is 30.9. The maximum atomic E-state index is 12.9. The largest absolute Gasteiger partial charge is 0.299 e. The third-order valence-electron chi connectivity index (χ3n) is 25.6. The molecule has 0 spiro atoms. The van der Waals surface area contributed by atoms with Crippen LogP contribution in [-0.2, 0) is 28.8 Å². The van der Waals surface area contributed by atoms with Gasteiger partial charge < -0.3 is 0 Å². The molecule has 15 atom stereocenters. The number of pyridine rings is 1. The Hall–Kier alpha value is -5.17. The lowest BCUT2D eigenvalue weighted by Crippen LogP contribution is -2.50. The summed E-state index contributed by atoms with van der Waals surface area (Å²) in [5.74, 6) is 7.65. The van der Waals surface area contributed by atoms with Crippen LogP contribution in [0.15, 0.2) is 113 Å². The number of carbonyl (C=O) groups is 6. The average molecular weight is 1120 g/mol. The van der Waals surface area contributed by atoms with Crippen molar-refractivity contribution in [2.24, 2.45) is 91.2 Å². The number of hydrogen-bond donors (Lipinski definition) is 0. The van der Waals surface area contributed by atoms with Crippen LogP contribution in [0.1, 0.15) is 216 Å². The molecular formula is C76H97NO6. The molecule has 83 heavy (non-hydrogen) atoms. The highest BCUT2D eigenvalue weighted by Crippen LogP contribution is 2.68. The smallest absolute Gasteiger partial charge is 0.162 e. The second kappa shape index (κ2) is 21.7. The summed E-state index contributed by atoms with van der Waals surface area (Å²) in [6, 6.07) is 14.2. The highest BCUT2D eigenvalue weighted by Gasteiger charge is 2.62. The molecule has 0 aliphatic heterocycles. The molecule has 0 bridgehead atoms. The fraction of sp³-hybridized carbons (Fsp3) is 0.618. The molecule has 14 rings (SSSR count). The summed E-state index contributed by atoms with van der Waals surface area (Å²) in [4.78, 5) is 80.3. The van der Waals surface area contributed by atoms with Crippen LogP contribution in [0, 0.1) is 91.2 Å². The highest BCUT2D eigenvalue weighted by atomic mass is 16.1. The van der Waals surface area contributed by atoms with Gasteiger partial charge in [0.05, 0.1) is 0 Å². The van der Waals surface area contributed by atoms with Gasteiger partial charge in [0.1, 0.15) is 17.3 Å². The average Bonchev–Trinajstić information content (AvgIpc) is 2.92. The topological polar surface area (TPSA) is 115 Å². The Morgan fingerprint density at radius 3 is 1.12 bits per heavy atom. The van der Waals surface area contributed by atoms with Crippen molar-refractivity contribution in [3.05, 3.63) is 124 Å². The van der Waals surface area contributed by atoms with E-state index >= 15 is 0 Å². The van der Waals surface area contributed by atoms with Gasteiger partial charge in [-0.25, -0.2) is 0 Å². The van der Waals surface area contributed by atoms with E-state index < -0.39 is 0 Å². The van der Waals surface area contributed by atoms with Gasteiger partial charge in [0.15, 0.2) is 17.3 Å². The van der Waals surface area contributed by atoms with E-state index in [1.165, 1.54) is 16.7 Å². The summed E-state index contributed by atoms with van der Waals surface area (Å²) in [7, 11) is 0. The van der Waals surface area contributed by atoms with Gasteiger partial charge in [-0.3, -0.25) is 33.8 Å². The van der Waals surface area contributed by atoms with Crippen LogP contribution in [0.2, 0.25) is 0 Å². The monoisotopic (exact) mass is 1120 g/mol. The van der Waals surface area contributed by atoms with Crippen molar-refractivity contribution in [3.63, 3.8) is 0 Å². The molecule has 0 saturated heterocycles. The Kier molecular flexibility index (Phi) is 15.5. The fourth-order valence-electron chi connectivity index (χ4n) is 21.0. The van der Waals surface area contributed by atoms with Crippen LogP contribution in [0.3, 0.4) is 0 Å². The summed E-state index contributed by atoms with van der Waals surface area (Å²) in [6.45, 7) is 20.4. The molecule has 2 aromatic rings. The third kappa shape index (κ3) is 10.1. The summed E-state index contributed by atoms with van der Waals surface area (Å²) in [6.07, 6.45) is 36.7. The standard InChI is InChI=1S/C26H30O2.C25H29NO2.C24H34O2.CH4/c1-25-13-12-22-20(21(25)10-11-24(25)28)9-8-19-15-23(27)18(16-26(19,22)2)14-17-6-4-3-5-7-17;1-24-10-7-21-19(20(24)5-6-23(24)28)4-3-18-14-22(27)17(15-25(18,21)2)13-16-8-11-26-12-9-16;1-22(2,3)13-15-14-24(5)16(12-20(15)25)6-7-17-18-8-9-21(26)23(18,4)11-10-19(17)24;/h3-8,14,20-22H,9-13,15-16H2,1-2H3;3,8-9,11-13,19-21H,4-7,10,14-15H2,1-2H3;6,13,17-19H,7-12,14H2,1-5H3;1H4/b18-14+;17-13+;15-13+;. The van der Waals surface area contributed by atoms with Crippen molar-refractivity contribution in [2.45, 2.75) is 205 Å². The van der Waals surface area contributed by atoms with Crippen LogP contribution < -0.4 is 0 Å². The second-order valence-electron chi connectivity index (χ2n) is 30.9. The van der Waals surface area contributed by atoms with Gasteiger partial charge in [-0.15, -0.1) is 0 Å². The molecule has 7 heteroatoms. The van der Waals surface area contributed by atoms with E-state index in [4.69, 9.17) is 0 Å². The zero-order chi connectivity index (χ0) is 57.9. The number of aromatic nitrogens is 1. The molecule has 12 aliphatic carbocycles. The number of hydrogen-bond acceptors (Lipinski definition) is 7. The maximum Gasteiger partial charge on any atom is 0.162 e. The van der Waals surface area contributed by atoms with Gasteiger partial charge in [0.2, 0.25) is 0 Å². The first-order valence-electron chi connectivity index (χ1n) is 32.2. The lowest BCUT2D eigenvalue weighted by Gasteiger charge is -2.56. The SMILES string of the molecule is C.CC(C)(C)/C=C1\CC2(C)C(=CCC3C4CCC(=O)C4(C)CCC32)CC1=O.CC12CCC3C(CC=C4CC(=O)/C(=C/c5ccccc5)CC43C)C1CCC2=O.CC12CCC3C(CC=C4CC(=O)/C(=C/c5ccncc5)CC43C)C1CCC2=O. The van der Waals surface area contributed by atoms with Crippen molar-refractivity contribution >= 4 is 46.9 Å². The number of carbonyl (C=O) groups excluding carboxylic acids is 6. The van der Waals surface area contributed by atoms with E-state index in [-0.39, 0.29) is 51.1 Å². The van der Waals surface area contributed by atoms with Crippen LogP contribution in [0.4, 0.5) is 0 Å². The molecule has 9 fully saturated rings. The normalized spacial score (nSPS) is 41.8. The van der Waals surface area contributed by atoms with Crippen LogP contribution >= 0.6 is 0 Å². The number of allylic oxidation sites excluding steroid dienone is 10. The summed E-state index contributed by atoms with van der Waals surface area (Å²) in [5.41, 5.74) is 9.33. The van der Waals surface area contributed by atoms with E-state index in [2.05, 4.69) is 116 Å². The summed E-state index contributed by atoms with van der Waals surface area (Å²) >= 11 is 0. The molecule has 9 saturated carbocycles. The Balaban J connectivity index is 0.000000130. The molecule has 0 radical (unpaired) electrons. The minimum atomic E-state index is -0.0942. The molecule has 1 aromatic heterocycles. The minimum Gasteiger partial charge on any atom is -0.299 e. The fourth-order valence-corrected chi connectivity index (χ4v) is 21.0. The Bertz CT molecular complexity index is 3030. The van der Waals surface area contributed by atoms with Crippen LogP contribution in [0.5, 0.6) is 0 Å². The molecule has 0 N–H and O–H groups in total. The molecule has 442 valence electrons. The predicted octanol–water partition coefficient (Wildman–Crippen LogP) is 17.3. The first-order chi connectivity index (χ1) is 38.9. The van der Waals surface area contributed by atoms with Gasteiger partial charge >= 0.3 is 0 Å². The zero-order valence-corrected chi connectivity index (χ0v) is 51.1. The van der Waals surface area contributed by atoms with E-state index in [9.17, 15) is 28.8 Å². The molecule has 1 aromatic carbocycles. The molecule has 12 aliphatic rings. The van der Waals surface area contributed by atoms with Crippen molar-refractivity contribution in [1.82, 2.24) is 4.98 Å². The number of benzene rings is 1. The predicted molar refractivity (Wildman–Crippen MR) is 332 cm³/mol. The van der Waals surface area contributed by atoms with Crippen molar-refractivity contribution in [1.29, 1.82) is 0 Å². The molecular weight excluding hydrogens is 1020 g/mol. The molecule has 15 unspecified atom stereocenters. The number of nitrogens with zero attached hydrogens (tertiary/aromatic N) is 1. The van der Waals surface area contributed by atoms with Gasteiger partial charge in [-0.05, 0) is 223 Å². The number of rotatable bonds is 2. The zero-order valence-electron chi connectivity index (χ0n) is 51.1. The number of ketones is 6. The third-order valence-corrected chi connectivity index (χ3v) is 25.6. The molecule has 0 amide bonds. The Morgan fingerprint density at radius 1 is 0.434 bits per heavy atom. The van der Waals surface area contributed by atoms with Crippen molar-refractivity contribution in [2.75, 3.05) is 0 Å². The van der Waals surface area contributed by atoms with Crippen molar-refractivity contribution < 1.29 is 28.8 Å². The lowest BCUT2D eigenvalue weighted by atomic mass is 9.47. The van der Waals surface area contributed by atoms with Gasteiger partial charge in [-0.1, -0.05) is 141 Å². The summed E-state index contributed by atoms with van der Waals surface area (Å²) < 4.78 is 0. The molecule has 1 heterocycles. The number of fused-ring (bicyclic) bond motifs is 15. The van der Waals surface area contributed by atoms with E-state index in [1.54, 1.807) is 12.4 Å². The van der Waals surface area contributed by atoms with Crippen LogP contribution in [-0.4, -0.2) is 39.7 Å². The Labute approximate surface area is 497 Å². The first kappa shape index (κ1) is 59.6. The quantitative estimate of drug-likeness (QED) is 0.217. The lowest BCUT2D eigenvalue weighted by molar-refractivity contribution is -0.132. The number of Topliss-reactive ketones (excluding diaryl/α,β-unsaturated/α-hetero) is 6. The van der Waals surface area contributed by atoms with E-state index in [0.717, 1.165) is 143 Å². The van der Waals surface area contributed by atoms with Crippen molar-refractivity contribution in [3.8, 4) is 0 Å².